The van der Waals surface area contributed by atoms with Crippen molar-refractivity contribution in [2.75, 3.05) is 17.2 Å². The van der Waals surface area contributed by atoms with E-state index in [1.54, 1.807) is 12.3 Å². The highest BCUT2D eigenvalue weighted by molar-refractivity contribution is 5.41. The summed E-state index contributed by atoms with van der Waals surface area (Å²) in [6.45, 7) is 2.87. The van der Waals surface area contributed by atoms with E-state index >= 15 is 0 Å². The molecule has 0 saturated heterocycles. The molecule has 23 heavy (non-hydrogen) atoms. The second-order valence-electron chi connectivity index (χ2n) is 7.10. The highest BCUT2D eigenvalue weighted by atomic mass is 16.3. The number of hydrogen-bond acceptors (Lipinski definition) is 6. The van der Waals surface area contributed by atoms with Crippen molar-refractivity contribution in [3.05, 3.63) is 12.3 Å². The normalized spacial score (nSPS) is 32.0. The van der Waals surface area contributed by atoms with Crippen LogP contribution in [0.25, 0.3) is 0 Å². The quantitative estimate of drug-likeness (QED) is 0.663. The van der Waals surface area contributed by atoms with Crippen LogP contribution < -0.4 is 10.6 Å². The average molecular weight is 320 g/mol. The van der Waals surface area contributed by atoms with Gasteiger partial charge in [0, 0.05) is 12.7 Å². The summed E-state index contributed by atoms with van der Waals surface area (Å²) in [5.41, 5.74) is 0. The fraction of sp³-hybridized carbons (Fsp3) is 0.765. The van der Waals surface area contributed by atoms with Gasteiger partial charge in [-0.1, -0.05) is 26.2 Å². The lowest BCUT2D eigenvalue weighted by Crippen LogP contribution is -2.35. The Morgan fingerprint density at radius 3 is 2.65 bits per heavy atom. The molecule has 128 valence electrons. The lowest BCUT2D eigenvalue weighted by atomic mass is 9.89. The maximum absolute atomic E-state index is 10.1. The van der Waals surface area contributed by atoms with Gasteiger partial charge in [0.1, 0.15) is 11.9 Å². The Morgan fingerprint density at radius 2 is 1.96 bits per heavy atom. The van der Waals surface area contributed by atoms with Crippen molar-refractivity contribution in [2.24, 2.45) is 11.8 Å². The molecule has 1 aromatic rings. The van der Waals surface area contributed by atoms with Crippen LogP contribution in [0.1, 0.15) is 45.4 Å². The van der Waals surface area contributed by atoms with Crippen LogP contribution in [-0.2, 0) is 0 Å². The topological polar surface area (TPSA) is 90.3 Å². The summed E-state index contributed by atoms with van der Waals surface area (Å²) in [5, 5.41) is 26.5. The number of rotatable bonds is 5. The van der Waals surface area contributed by atoms with Crippen LogP contribution in [0, 0.1) is 11.8 Å². The van der Waals surface area contributed by atoms with Gasteiger partial charge in [0.2, 0.25) is 5.95 Å². The van der Waals surface area contributed by atoms with Gasteiger partial charge >= 0.3 is 0 Å². The summed E-state index contributed by atoms with van der Waals surface area (Å²) in [7, 11) is 0. The molecule has 4 atom stereocenters. The van der Waals surface area contributed by atoms with Crippen LogP contribution >= 0.6 is 0 Å². The molecule has 2 saturated carbocycles. The molecule has 0 aromatic carbocycles. The minimum atomic E-state index is -0.751. The first-order valence-corrected chi connectivity index (χ1v) is 8.83. The summed E-state index contributed by atoms with van der Waals surface area (Å²) in [5.74, 6) is 2.13. The smallest absolute Gasteiger partial charge is 0.224 e. The molecule has 2 aliphatic rings. The zero-order chi connectivity index (χ0) is 16.2. The summed E-state index contributed by atoms with van der Waals surface area (Å²) < 4.78 is 0. The summed E-state index contributed by atoms with van der Waals surface area (Å²) >= 11 is 0. The zero-order valence-electron chi connectivity index (χ0n) is 13.8. The minimum Gasteiger partial charge on any atom is -0.390 e. The molecular formula is C17H28N4O2. The Balaban J connectivity index is 1.55. The molecule has 0 amide bonds. The molecule has 3 rings (SSSR count). The van der Waals surface area contributed by atoms with Crippen molar-refractivity contribution in [3.8, 4) is 0 Å². The van der Waals surface area contributed by atoms with E-state index < -0.39 is 12.2 Å². The number of aliphatic hydroxyl groups is 2. The highest BCUT2D eigenvalue weighted by Crippen LogP contribution is 2.28. The summed E-state index contributed by atoms with van der Waals surface area (Å²) in [6.07, 6.45) is 7.63. The van der Waals surface area contributed by atoms with Crippen molar-refractivity contribution in [1.82, 2.24) is 9.97 Å². The van der Waals surface area contributed by atoms with Gasteiger partial charge in [-0.25, -0.2) is 4.98 Å². The third-order valence-electron chi connectivity index (χ3n) is 5.23. The molecule has 6 nitrogen and oxygen atoms in total. The predicted octanol–water partition coefficient (Wildman–Crippen LogP) is 2.01. The molecule has 0 radical (unpaired) electrons. The SMILES string of the molecule is C[C@@H]1C[C@@H](Nc2ccnc(NCC3CCCCC3)n2)[C@H](O)[C@@H]1O. The van der Waals surface area contributed by atoms with Gasteiger partial charge in [-0.15, -0.1) is 0 Å². The Hall–Kier alpha value is -1.40. The lowest BCUT2D eigenvalue weighted by molar-refractivity contribution is 0.0210. The van der Waals surface area contributed by atoms with Crippen LogP contribution in [0.3, 0.4) is 0 Å². The van der Waals surface area contributed by atoms with E-state index in [0.29, 0.717) is 11.8 Å². The molecule has 0 spiro atoms. The molecule has 1 aromatic heterocycles. The van der Waals surface area contributed by atoms with Crippen LogP contribution in [0.4, 0.5) is 11.8 Å². The Morgan fingerprint density at radius 1 is 1.17 bits per heavy atom. The number of anilines is 2. The standard InChI is InChI=1S/C17H28N4O2/c1-11-9-13(16(23)15(11)22)20-14-7-8-18-17(21-14)19-10-12-5-3-2-4-6-12/h7-8,11-13,15-16,22-23H,2-6,9-10H2,1H3,(H2,18,19,20,21)/t11-,13-,15-,16+/m1/s1. The predicted molar refractivity (Wildman–Crippen MR) is 90.3 cm³/mol. The number of aromatic nitrogens is 2. The zero-order valence-corrected chi connectivity index (χ0v) is 13.8. The van der Waals surface area contributed by atoms with Crippen LogP contribution in [0.15, 0.2) is 12.3 Å². The van der Waals surface area contributed by atoms with Gasteiger partial charge in [0.05, 0.1) is 12.1 Å². The molecule has 0 unspecified atom stereocenters. The molecule has 2 fully saturated rings. The van der Waals surface area contributed by atoms with Gasteiger partial charge in [-0.05, 0) is 37.2 Å². The van der Waals surface area contributed by atoms with E-state index in [1.165, 1.54) is 32.1 Å². The second kappa shape index (κ2) is 7.45. The van der Waals surface area contributed by atoms with E-state index in [9.17, 15) is 10.2 Å². The van der Waals surface area contributed by atoms with Crippen LogP contribution in [-0.4, -0.2) is 45.0 Å². The molecule has 2 aliphatic carbocycles. The highest BCUT2D eigenvalue weighted by Gasteiger charge is 2.39. The first kappa shape index (κ1) is 16.5. The second-order valence-corrected chi connectivity index (χ2v) is 7.10. The maximum Gasteiger partial charge on any atom is 0.224 e. The number of nitrogens with one attached hydrogen (secondary N) is 2. The Bertz CT molecular complexity index is 507. The van der Waals surface area contributed by atoms with Crippen molar-refractivity contribution >= 4 is 11.8 Å². The van der Waals surface area contributed by atoms with Crippen LogP contribution in [0.5, 0.6) is 0 Å². The van der Waals surface area contributed by atoms with E-state index in [4.69, 9.17) is 0 Å². The van der Waals surface area contributed by atoms with Gasteiger partial charge in [-0.3, -0.25) is 0 Å². The van der Waals surface area contributed by atoms with E-state index in [1.807, 2.05) is 6.92 Å². The average Bonchev–Trinajstić information content (AvgIpc) is 2.81. The summed E-state index contributed by atoms with van der Waals surface area (Å²) in [6, 6.07) is 1.63. The largest absolute Gasteiger partial charge is 0.390 e. The molecule has 0 aliphatic heterocycles. The van der Waals surface area contributed by atoms with Crippen molar-refractivity contribution in [3.63, 3.8) is 0 Å². The first-order chi connectivity index (χ1) is 11.1. The van der Waals surface area contributed by atoms with Crippen molar-refractivity contribution in [1.29, 1.82) is 0 Å². The minimum absolute atomic E-state index is 0.0910. The maximum atomic E-state index is 10.1. The molecule has 0 bridgehead atoms. The first-order valence-electron chi connectivity index (χ1n) is 8.83. The van der Waals surface area contributed by atoms with Gasteiger partial charge in [0.15, 0.2) is 0 Å². The fourth-order valence-corrected chi connectivity index (χ4v) is 3.74. The fourth-order valence-electron chi connectivity index (χ4n) is 3.74. The lowest BCUT2D eigenvalue weighted by Gasteiger charge is -2.22. The van der Waals surface area contributed by atoms with E-state index in [0.717, 1.165) is 18.9 Å². The van der Waals surface area contributed by atoms with Gasteiger partial charge in [0.25, 0.3) is 0 Å². The van der Waals surface area contributed by atoms with Gasteiger partial charge < -0.3 is 20.8 Å². The van der Waals surface area contributed by atoms with E-state index in [2.05, 4.69) is 20.6 Å². The third-order valence-corrected chi connectivity index (χ3v) is 5.23. The Kier molecular flexibility index (Phi) is 5.33. The molecule has 6 heteroatoms. The summed E-state index contributed by atoms with van der Waals surface area (Å²) in [4.78, 5) is 8.75. The van der Waals surface area contributed by atoms with E-state index in [-0.39, 0.29) is 12.0 Å². The third kappa shape index (κ3) is 4.12. The monoisotopic (exact) mass is 320 g/mol. The number of nitrogens with zero attached hydrogens (tertiary/aromatic N) is 2. The molecule has 4 N–H and O–H groups in total. The van der Waals surface area contributed by atoms with Crippen molar-refractivity contribution in [2.45, 2.75) is 63.7 Å². The molecular weight excluding hydrogens is 292 g/mol. The van der Waals surface area contributed by atoms with Gasteiger partial charge in [-0.2, -0.15) is 4.98 Å². The number of aliphatic hydroxyl groups excluding tert-OH is 2. The number of hydrogen-bond donors (Lipinski definition) is 4. The van der Waals surface area contributed by atoms with Crippen molar-refractivity contribution < 1.29 is 10.2 Å². The Labute approximate surface area is 137 Å². The van der Waals surface area contributed by atoms with Crippen LogP contribution in [0.2, 0.25) is 0 Å². The molecule has 1 heterocycles.